The lowest BCUT2D eigenvalue weighted by atomic mass is 10.2. The quantitative estimate of drug-likeness (QED) is 0.553. The van der Waals surface area contributed by atoms with Crippen molar-refractivity contribution in [1.82, 2.24) is 9.62 Å². The van der Waals surface area contributed by atoms with Gasteiger partial charge in [0.1, 0.15) is 0 Å². The van der Waals surface area contributed by atoms with Crippen LogP contribution in [0.3, 0.4) is 0 Å². The molecule has 0 heterocycles. The second-order valence-corrected chi connectivity index (χ2v) is 7.62. The van der Waals surface area contributed by atoms with Gasteiger partial charge in [-0.05, 0) is 43.3 Å². The zero-order valence-electron chi connectivity index (χ0n) is 14.3. The highest BCUT2D eigenvalue weighted by molar-refractivity contribution is 7.89. The molecule has 1 aromatic rings. The molecule has 1 aromatic carbocycles. The second-order valence-electron chi connectivity index (χ2n) is 5.30. The molecular formula is C16H27N3O2S2. The Kier molecular flexibility index (Phi) is 7.94. The van der Waals surface area contributed by atoms with Crippen molar-refractivity contribution in [2.75, 3.05) is 25.0 Å². The van der Waals surface area contributed by atoms with Gasteiger partial charge in [0, 0.05) is 25.3 Å². The first-order valence-corrected chi connectivity index (χ1v) is 9.87. The van der Waals surface area contributed by atoms with Gasteiger partial charge in [0.2, 0.25) is 10.0 Å². The van der Waals surface area contributed by atoms with Crippen LogP contribution in [0.2, 0.25) is 0 Å². The normalized spacial score (nSPS) is 11.5. The van der Waals surface area contributed by atoms with E-state index in [4.69, 9.17) is 12.2 Å². The highest BCUT2D eigenvalue weighted by Crippen LogP contribution is 2.23. The van der Waals surface area contributed by atoms with Gasteiger partial charge in [-0.2, -0.15) is 4.31 Å². The molecule has 2 N–H and O–H groups in total. The van der Waals surface area contributed by atoms with Gasteiger partial charge in [0.15, 0.2) is 5.11 Å². The monoisotopic (exact) mass is 357 g/mol. The third-order valence-corrected chi connectivity index (χ3v) is 6.02. The van der Waals surface area contributed by atoms with Crippen molar-refractivity contribution in [2.45, 2.75) is 45.4 Å². The Morgan fingerprint density at radius 2 is 1.87 bits per heavy atom. The van der Waals surface area contributed by atoms with E-state index in [0.717, 1.165) is 24.9 Å². The molecule has 130 valence electrons. The van der Waals surface area contributed by atoms with Crippen LogP contribution in [0.15, 0.2) is 23.1 Å². The maximum atomic E-state index is 12.7. The molecule has 0 radical (unpaired) electrons. The number of rotatable bonds is 8. The van der Waals surface area contributed by atoms with E-state index < -0.39 is 10.0 Å². The van der Waals surface area contributed by atoms with Crippen molar-refractivity contribution >= 4 is 33.0 Å². The molecule has 0 bridgehead atoms. The standard InChI is InChI=1S/C16H27N3O2S2/c1-5-8-11-17-16(22)18-14-10-9-13(4)15(12-14)23(20,21)19(6-2)7-3/h9-10,12H,5-8,11H2,1-4H3,(H2,17,18,22). The Morgan fingerprint density at radius 1 is 1.22 bits per heavy atom. The van der Waals surface area contributed by atoms with E-state index in [1.807, 2.05) is 19.9 Å². The number of nitrogens with zero attached hydrogens (tertiary/aromatic N) is 1. The predicted octanol–water partition coefficient (Wildman–Crippen LogP) is 3.11. The summed E-state index contributed by atoms with van der Waals surface area (Å²) in [5.74, 6) is 0. The van der Waals surface area contributed by atoms with Gasteiger partial charge < -0.3 is 10.6 Å². The molecule has 0 aromatic heterocycles. The first kappa shape index (κ1) is 19.9. The summed E-state index contributed by atoms with van der Waals surface area (Å²) < 4.78 is 26.9. The minimum Gasteiger partial charge on any atom is -0.362 e. The maximum Gasteiger partial charge on any atom is 0.243 e. The fourth-order valence-electron chi connectivity index (χ4n) is 2.21. The van der Waals surface area contributed by atoms with Crippen molar-refractivity contribution < 1.29 is 8.42 Å². The molecular weight excluding hydrogens is 330 g/mol. The number of unbranched alkanes of at least 4 members (excludes halogenated alkanes) is 1. The third-order valence-electron chi connectivity index (χ3n) is 3.59. The summed E-state index contributed by atoms with van der Waals surface area (Å²) in [6, 6.07) is 5.29. The lowest BCUT2D eigenvalue weighted by Gasteiger charge is -2.20. The maximum absolute atomic E-state index is 12.7. The molecule has 5 nitrogen and oxygen atoms in total. The van der Waals surface area contributed by atoms with Crippen LogP contribution in [-0.4, -0.2) is 37.5 Å². The van der Waals surface area contributed by atoms with E-state index >= 15 is 0 Å². The predicted molar refractivity (Wildman–Crippen MR) is 100 cm³/mol. The Hall–Kier alpha value is -1.18. The van der Waals surface area contributed by atoms with Crippen molar-refractivity contribution in [3.63, 3.8) is 0 Å². The van der Waals surface area contributed by atoms with Gasteiger partial charge >= 0.3 is 0 Å². The summed E-state index contributed by atoms with van der Waals surface area (Å²) in [5.41, 5.74) is 1.41. The number of sulfonamides is 1. The molecule has 0 unspecified atom stereocenters. The topological polar surface area (TPSA) is 61.4 Å². The largest absolute Gasteiger partial charge is 0.362 e. The Morgan fingerprint density at radius 3 is 2.43 bits per heavy atom. The van der Waals surface area contributed by atoms with Crippen LogP contribution < -0.4 is 10.6 Å². The van der Waals surface area contributed by atoms with Gasteiger partial charge in [-0.1, -0.05) is 33.3 Å². The van der Waals surface area contributed by atoms with Crippen molar-refractivity contribution in [3.05, 3.63) is 23.8 Å². The first-order chi connectivity index (χ1) is 10.9. The summed E-state index contributed by atoms with van der Waals surface area (Å²) >= 11 is 5.23. The molecule has 0 spiro atoms. The van der Waals surface area contributed by atoms with Gasteiger partial charge in [0.25, 0.3) is 0 Å². The minimum atomic E-state index is -3.48. The molecule has 0 aliphatic heterocycles. The van der Waals surface area contributed by atoms with Crippen LogP contribution in [0.4, 0.5) is 5.69 Å². The molecule has 23 heavy (non-hydrogen) atoms. The number of anilines is 1. The molecule has 7 heteroatoms. The molecule has 1 rings (SSSR count). The first-order valence-electron chi connectivity index (χ1n) is 8.02. The molecule has 0 saturated heterocycles. The van der Waals surface area contributed by atoms with Crippen molar-refractivity contribution in [3.8, 4) is 0 Å². The Bertz CT molecular complexity index is 626. The van der Waals surface area contributed by atoms with E-state index in [1.54, 1.807) is 19.1 Å². The van der Waals surface area contributed by atoms with E-state index in [9.17, 15) is 8.42 Å². The van der Waals surface area contributed by atoms with E-state index in [-0.39, 0.29) is 0 Å². The van der Waals surface area contributed by atoms with E-state index in [2.05, 4.69) is 17.6 Å². The number of aryl methyl sites for hydroxylation is 1. The SMILES string of the molecule is CCCCNC(=S)Nc1ccc(C)c(S(=O)(=O)N(CC)CC)c1. The molecule has 0 fully saturated rings. The van der Waals surface area contributed by atoms with Crippen LogP contribution in [-0.2, 0) is 10.0 Å². The van der Waals surface area contributed by atoms with Crippen molar-refractivity contribution in [2.24, 2.45) is 0 Å². The van der Waals surface area contributed by atoms with Crippen LogP contribution in [0.1, 0.15) is 39.2 Å². The Balaban J connectivity index is 2.98. The molecule has 0 atom stereocenters. The number of benzene rings is 1. The van der Waals surface area contributed by atoms with Crippen LogP contribution in [0.25, 0.3) is 0 Å². The molecule has 0 aliphatic rings. The average Bonchev–Trinajstić information content (AvgIpc) is 2.50. The highest BCUT2D eigenvalue weighted by atomic mass is 32.2. The molecule has 0 amide bonds. The smallest absolute Gasteiger partial charge is 0.243 e. The fourth-order valence-corrected chi connectivity index (χ4v) is 4.14. The van der Waals surface area contributed by atoms with Gasteiger partial charge in [0.05, 0.1) is 4.90 Å². The third kappa shape index (κ3) is 5.44. The Labute approximate surface area is 145 Å². The summed E-state index contributed by atoms with van der Waals surface area (Å²) in [5, 5.41) is 6.67. The summed E-state index contributed by atoms with van der Waals surface area (Å²) in [6.07, 6.45) is 2.13. The van der Waals surface area contributed by atoms with E-state index in [1.165, 1.54) is 4.31 Å². The summed E-state index contributed by atoms with van der Waals surface area (Å²) in [4.78, 5) is 0.322. The zero-order valence-corrected chi connectivity index (χ0v) is 16.0. The number of hydrogen-bond donors (Lipinski definition) is 2. The van der Waals surface area contributed by atoms with Gasteiger partial charge in [-0.25, -0.2) is 8.42 Å². The molecule has 0 saturated carbocycles. The fraction of sp³-hybridized carbons (Fsp3) is 0.562. The average molecular weight is 358 g/mol. The summed E-state index contributed by atoms with van der Waals surface area (Å²) in [7, 11) is -3.48. The van der Waals surface area contributed by atoms with E-state index in [0.29, 0.717) is 28.8 Å². The highest BCUT2D eigenvalue weighted by Gasteiger charge is 2.23. The van der Waals surface area contributed by atoms with Crippen LogP contribution in [0.5, 0.6) is 0 Å². The number of thiocarbonyl (C=S) groups is 1. The van der Waals surface area contributed by atoms with Gasteiger partial charge in [-0.15, -0.1) is 0 Å². The second kappa shape index (κ2) is 9.20. The lowest BCUT2D eigenvalue weighted by Crippen LogP contribution is -2.31. The molecule has 0 aliphatic carbocycles. The zero-order chi connectivity index (χ0) is 17.5. The number of hydrogen-bond acceptors (Lipinski definition) is 3. The number of nitrogens with one attached hydrogen (secondary N) is 2. The minimum absolute atomic E-state index is 0.322. The van der Waals surface area contributed by atoms with Crippen LogP contribution in [0, 0.1) is 6.92 Å². The summed E-state index contributed by atoms with van der Waals surface area (Å²) in [6.45, 7) is 9.30. The van der Waals surface area contributed by atoms with Crippen LogP contribution >= 0.6 is 12.2 Å². The van der Waals surface area contributed by atoms with Crippen molar-refractivity contribution in [1.29, 1.82) is 0 Å². The van der Waals surface area contributed by atoms with Gasteiger partial charge in [-0.3, -0.25) is 0 Å². The lowest BCUT2D eigenvalue weighted by molar-refractivity contribution is 0.445.